The molecule has 1 atom stereocenters. The van der Waals surface area contributed by atoms with Crippen LogP contribution in [0.2, 0.25) is 0 Å². The Morgan fingerprint density at radius 3 is 2.57 bits per heavy atom. The molecule has 1 unspecified atom stereocenters. The molecule has 1 aromatic carbocycles. The summed E-state index contributed by atoms with van der Waals surface area (Å²) in [5.74, 6) is -0.185. The molecular weight excluding hydrogens is 298 g/mol. The van der Waals surface area contributed by atoms with E-state index in [0.717, 1.165) is 11.3 Å². The van der Waals surface area contributed by atoms with Gasteiger partial charge in [0.1, 0.15) is 24.1 Å². The van der Waals surface area contributed by atoms with Gasteiger partial charge in [-0.05, 0) is 17.7 Å². The topological polar surface area (TPSA) is 112 Å². The maximum absolute atomic E-state index is 11.3. The molecule has 3 N–H and O–H groups in total. The zero-order chi connectivity index (χ0) is 16.8. The first-order valence-corrected chi connectivity index (χ1v) is 7.07. The number of ether oxygens (including phenoxy) is 1. The van der Waals surface area contributed by atoms with E-state index in [-0.39, 0.29) is 5.91 Å². The predicted molar refractivity (Wildman–Crippen MR) is 82.3 cm³/mol. The van der Waals surface area contributed by atoms with Gasteiger partial charge in [-0.15, -0.1) is 5.10 Å². The molecule has 1 heterocycles. The summed E-state index contributed by atoms with van der Waals surface area (Å²) in [6.07, 6.45) is 2.11. The summed E-state index contributed by atoms with van der Waals surface area (Å²) in [6.45, 7) is 1.67. The van der Waals surface area contributed by atoms with Crippen molar-refractivity contribution in [1.29, 1.82) is 0 Å². The minimum atomic E-state index is -0.723. The maximum Gasteiger partial charge on any atom is 0.240 e. The van der Waals surface area contributed by atoms with E-state index in [1.165, 1.54) is 6.92 Å². The number of nitrogens with zero attached hydrogens (tertiary/aromatic N) is 3. The highest BCUT2D eigenvalue weighted by Gasteiger charge is 2.16. The van der Waals surface area contributed by atoms with Crippen LogP contribution in [0.1, 0.15) is 18.2 Å². The fourth-order valence-electron chi connectivity index (χ4n) is 2.04. The van der Waals surface area contributed by atoms with Gasteiger partial charge in [0, 0.05) is 20.4 Å². The average Bonchev–Trinajstić information content (AvgIpc) is 2.91. The third kappa shape index (κ3) is 5.10. The van der Waals surface area contributed by atoms with Crippen LogP contribution in [0.25, 0.3) is 0 Å². The Morgan fingerprint density at radius 2 is 2.04 bits per heavy atom. The first kappa shape index (κ1) is 16.5. The Bertz CT molecular complexity index is 681. The van der Waals surface area contributed by atoms with Crippen molar-refractivity contribution < 1.29 is 14.3 Å². The number of carbonyl (C=O) groups is 2. The van der Waals surface area contributed by atoms with Crippen LogP contribution in [0.5, 0.6) is 5.75 Å². The lowest BCUT2D eigenvalue weighted by atomic mass is 10.1. The van der Waals surface area contributed by atoms with Crippen molar-refractivity contribution in [2.75, 3.05) is 0 Å². The van der Waals surface area contributed by atoms with E-state index in [0.29, 0.717) is 18.8 Å². The third-order valence-corrected chi connectivity index (χ3v) is 3.12. The summed E-state index contributed by atoms with van der Waals surface area (Å²) in [6, 6.07) is 6.50. The summed E-state index contributed by atoms with van der Waals surface area (Å²) < 4.78 is 7.21. The molecule has 0 spiro atoms. The standard InChI is InChI=1S/C15H19N5O3/c1-10(21)17-14(15(16)22)7-11-3-5-13(6-4-11)23-9-12-8-20(2)19-18-12/h3-6,8,14H,7,9H2,1-2H3,(H2,16,22)(H,17,21). The number of carbonyl (C=O) groups excluding carboxylic acids is 2. The second-order valence-corrected chi connectivity index (χ2v) is 5.18. The van der Waals surface area contributed by atoms with Gasteiger partial charge in [-0.1, -0.05) is 17.3 Å². The fraction of sp³-hybridized carbons (Fsp3) is 0.333. The number of nitrogens with two attached hydrogens (primary N) is 1. The molecule has 1 aromatic heterocycles. The first-order valence-electron chi connectivity index (χ1n) is 7.07. The SMILES string of the molecule is CC(=O)NC(Cc1ccc(OCc2cn(C)nn2)cc1)C(N)=O. The molecule has 2 amide bonds. The summed E-state index contributed by atoms with van der Waals surface area (Å²) in [5, 5.41) is 10.3. The van der Waals surface area contributed by atoms with Crippen LogP contribution in [0.4, 0.5) is 0 Å². The molecule has 122 valence electrons. The van der Waals surface area contributed by atoms with Crippen molar-refractivity contribution in [1.82, 2.24) is 20.3 Å². The van der Waals surface area contributed by atoms with Gasteiger partial charge in [0.25, 0.3) is 0 Å². The molecule has 0 aliphatic rings. The summed E-state index contributed by atoms with van der Waals surface area (Å²) in [7, 11) is 1.79. The van der Waals surface area contributed by atoms with Gasteiger partial charge in [0.15, 0.2) is 0 Å². The highest BCUT2D eigenvalue weighted by molar-refractivity contribution is 5.85. The van der Waals surface area contributed by atoms with E-state index in [2.05, 4.69) is 15.6 Å². The number of primary amides is 1. The molecule has 0 saturated heterocycles. The van der Waals surface area contributed by atoms with Crippen molar-refractivity contribution in [2.45, 2.75) is 26.0 Å². The lowest BCUT2D eigenvalue weighted by Gasteiger charge is -2.14. The lowest BCUT2D eigenvalue weighted by molar-refractivity contribution is -0.126. The van der Waals surface area contributed by atoms with Crippen molar-refractivity contribution in [3.8, 4) is 5.75 Å². The van der Waals surface area contributed by atoms with Crippen LogP contribution < -0.4 is 15.8 Å². The number of rotatable bonds is 7. The van der Waals surface area contributed by atoms with Crippen LogP contribution in [0.15, 0.2) is 30.5 Å². The zero-order valence-electron chi connectivity index (χ0n) is 13.0. The zero-order valence-corrected chi connectivity index (χ0v) is 13.0. The number of benzene rings is 1. The Kier molecular flexibility index (Phi) is 5.29. The highest BCUT2D eigenvalue weighted by Crippen LogP contribution is 2.14. The Morgan fingerprint density at radius 1 is 1.35 bits per heavy atom. The summed E-state index contributed by atoms with van der Waals surface area (Å²) in [5.41, 5.74) is 6.89. The number of nitrogens with one attached hydrogen (secondary N) is 1. The van der Waals surface area contributed by atoms with Crippen LogP contribution in [0.3, 0.4) is 0 Å². The molecule has 2 aromatic rings. The molecule has 0 bridgehead atoms. The van der Waals surface area contributed by atoms with E-state index < -0.39 is 11.9 Å². The van der Waals surface area contributed by atoms with E-state index in [1.807, 2.05) is 12.1 Å². The average molecular weight is 317 g/mol. The molecule has 23 heavy (non-hydrogen) atoms. The normalized spacial score (nSPS) is 11.7. The first-order chi connectivity index (χ1) is 10.9. The highest BCUT2D eigenvalue weighted by atomic mass is 16.5. The van der Waals surface area contributed by atoms with Crippen LogP contribution in [-0.2, 0) is 29.7 Å². The second-order valence-electron chi connectivity index (χ2n) is 5.18. The van der Waals surface area contributed by atoms with Gasteiger partial charge < -0.3 is 15.8 Å². The van der Waals surface area contributed by atoms with Gasteiger partial charge in [-0.3, -0.25) is 14.3 Å². The maximum atomic E-state index is 11.3. The van der Waals surface area contributed by atoms with Crippen molar-refractivity contribution in [3.63, 3.8) is 0 Å². The fourth-order valence-corrected chi connectivity index (χ4v) is 2.04. The van der Waals surface area contributed by atoms with Crippen LogP contribution >= 0.6 is 0 Å². The molecule has 0 saturated carbocycles. The Balaban J connectivity index is 1.92. The molecule has 8 nitrogen and oxygen atoms in total. The van der Waals surface area contributed by atoms with E-state index >= 15 is 0 Å². The van der Waals surface area contributed by atoms with Crippen molar-refractivity contribution >= 4 is 11.8 Å². The number of hydrogen-bond donors (Lipinski definition) is 2. The third-order valence-electron chi connectivity index (χ3n) is 3.12. The molecule has 0 aliphatic carbocycles. The van der Waals surface area contributed by atoms with Gasteiger partial charge in [-0.25, -0.2) is 0 Å². The van der Waals surface area contributed by atoms with Gasteiger partial charge in [0.05, 0.1) is 6.20 Å². The Hall–Kier alpha value is -2.90. The predicted octanol–water partition coefficient (Wildman–Crippen LogP) is -0.0734. The van der Waals surface area contributed by atoms with Crippen LogP contribution in [0, 0.1) is 0 Å². The number of aryl methyl sites for hydroxylation is 1. The number of aromatic nitrogens is 3. The second kappa shape index (κ2) is 7.39. The van der Waals surface area contributed by atoms with E-state index in [4.69, 9.17) is 10.5 Å². The summed E-state index contributed by atoms with van der Waals surface area (Å²) in [4.78, 5) is 22.4. The molecule has 8 heteroatoms. The smallest absolute Gasteiger partial charge is 0.240 e. The molecule has 0 radical (unpaired) electrons. The summed E-state index contributed by atoms with van der Waals surface area (Å²) >= 11 is 0. The Labute approximate surface area is 133 Å². The lowest BCUT2D eigenvalue weighted by Crippen LogP contribution is -2.44. The van der Waals surface area contributed by atoms with E-state index in [9.17, 15) is 9.59 Å². The monoisotopic (exact) mass is 317 g/mol. The minimum Gasteiger partial charge on any atom is -0.487 e. The number of amides is 2. The quantitative estimate of drug-likeness (QED) is 0.742. The minimum absolute atomic E-state index is 0.294. The van der Waals surface area contributed by atoms with E-state index in [1.54, 1.807) is 30.1 Å². The van der Waals surface area contributed by atoms with Crippen molar-refractivity contribution in [2.24, 2.45) is 12.8 Å². The molecule has 0 fully saturated rings. The van der Waals surface area contributed by atoms with Crippen molar-refractivity contribution in [3.05, 3.63) is 41.7 Å². The van der Waals surface area contributed by atoms with Gasteiger partial charge in [-0.2, -0.15) is 0 Å². The van der Waals surface area contributed by atoms with Gasteiger partial charge >= 0.3 is 0 Å². The molecule has 0 aliphatic heterocycles. The molecule has 2 rings (SSSR count). The van der Waals surface area contributed by atoms with Gasteiger partial charge in [0.2, 0.25) is 11.8 Å². The largest absolute Gasteiger partial charge is 0.487 e. The van der Waals surface area contributed by atoms with Crippen LogP contribution in [-0.4, -0.2) is 32.9 Å². The molecular formula is C15H19N5O3. The number of hydrogen-bond acceptors (Lipinski definition) is 5.